The van der Waals surface area contributed by atoms with Gasteiger partial charge in [-0.15, -0.1) is 0 Å². The maximum absolute atomic E-state index is 11.7. The fourth-order valence-corrected chi connectivity index (χ4v) is 6.87. The van der Waals surface area contributed by atoms with E-state index in [0.29, 0.717) is 5.76 Å². The molecule has 0 fully saturated rings. The fraction of sp³-hybridized carbons (Fsp3) is 0.0909. The second-order valence-corrected chi connectivity index (χ2v) is 12.6. The molecule has 5 aromatic rings. The van der Waals surface area contributed by atoms with E-state index in [0.717, 1.165) is 39.3 Å². The number of carboxylic acids is 1. The van der Waals surface area contributed by atoms with Gasteiger partial charge in [-0.1, -0.05) is 98.8 Å². The molecule has 5 heteroatoms. The van der Waals surface area contributed by atoms with Crippen LogP contribution in [0.25, 0.3) is 27.8 Å². The van der Waals surface area contributed by atoms with Gasteiger partial charge in [-0.3, -0.25) is 0 Å². The van der Waals surface area contributed by atoms with Gasteiger partial charge in [-0.25, -0.2) is 4.79 Å². The summed E-state index contributed by atoms with van der Waals surface area (Å²) < 4.78 is 5.45. The highest BCUT2D eigenvalue weighted by molar-refractivity contribution is 5.94. The zero-order valence-corrected chi connectivity index (χ0v) is 27.5. The van der Waals surface area contributed by atoms with Crippen LogP contribution in [-0.4, -0.2) is 18.2 Å². The lowest BCUT2D eigenvalue weighted by Crippen LogP contribution is -2.15. The number of aliphatic carboxylic acids is 1. The molecule has 0 atom stereocenters. The average molecular weight is 639 g/mol. The van der Waals surface area contributed by atoms with Gasteiger partial charge in [0.05, 0.1) is 7.11 Å². The number of ether oxygens (including phenoxy) is 1. The molecular formula is C44H34N2O3. The van der Waals surface area contributed by atoms with E-state index in [1.54, 1.807) is 18.2 Å². The van der Waals surface area contributed by atoms with E-state index >= 15 is 0 Å². The zero-order valence-electron chi connectivity index (χ0n) is 27.5. The molecule has 0 unspecified atom stereocenters. The third-order valence-corrected chi connectivity index (χ3v) is 9.42. The Morgan fingerprint density at radius 3 is 1.78 bits per heavy atom. The van der Waals surface area contributed by atoms with Gasteiger partial charge in [0.25, 0.3) is 0 Å². The van der Waals surface area contributed by atoms with Crippen molar-refractivity contribution < 1.29 is 14.6 Å². The maximum Gasteiger partial charge on any atom is 0.347 e. The van der Waals surface area contributed by atoms with Gasteiger partial charge < -0.3 is 14.7 Å². The van der Waals surface area contributed by atoms with Crippen LogP contribution in [0.3, 0.4) is 0 Å². The second-order valence-electron chi connectivity index (χ2n) is 12.6. The number of rotatable bonds is 7. The van der Waals surface area contributed by atoms with Crippen LogP contribution >= 0.6 is 0 Å². The Kier molecular flexibility index (Phi) is 8.08. The monoisotopic (exact) mass is 638 g/mol. The molecule has 5 nitrogen and oxygen atoms in total. The van der Waals surface area contributed by atoms with E-state index in [1.807, 2.05) is 24.3 Å². The van der Waals surface area contributed by atoms with Gasteiger partial charge in [0.15, 0.2) is 0 Å². The number of nitriles is 1. The Hall–Kier alpha value is -6.38. The summed E-state index contributed by atoms with van der Waals surface area (Å²) in [7, 11) is 1.47. The number of allylic oxidation sites excluding steroid dienone is 5. The lowest BCUT2D eigenvalue weighted by Gasteiger charge is -2.25. The number of hydrogen-bond acceptors (Lipinski definition) is 4. The first-order chi connectivity index (χ1) is 23.8. The molecule has 0 saturated carbocycles. The number of fused-ring (bicyclic) bond motifs is 3. The van der Waals surface area contributed by atoms with Crippen LogP contribution in [0, 0.1) is 11.3 Å². The van der Waals surface area contributed by atoms with Crippen molar-refractivity contribution in [3.8, 4) is 28.3 Å². The quantitative estimate of drug-likeness (QED) is 0.142. The van der Waals surface area contributed by atoms with Gasteiger partial charge in [-0.05, 0) is 105 Å². The summed E-state index contributed by atoms with van der Waals surface area (Å²) in [4.78, 5) is 14.0. The molecule has 0 amide bonds. The molecule has 2 aliphatic carbocycles. The molecule has 0 radical (unpaired) electrons. The highest BCUT2D eigenvalue weighted by atomic mass is 16.5. The van der Waals surface area contributed by atoms with E-state index < -0.39 is 5.97 Å². The molecule has 7 rings (SSSR count). The largest absolute Gasteiger partial charge is 0.496 e. The summed E-state index contributed by atoms with van der Waals surface area (Å²) in [5, 5.41) is 19.0. The van der Waals surface area contributed by atoms with Crippen molar-refractivity contribution in [1.29, 1.82) is 5.26 Å². The molecule has 0 saturated heterocycles. The van der Waals surface area contributed by atoms with E-state index in [2.05, 4.69) is 128 Å². The Morgan fingerprint density at radius 1 is 0.694 bits per heavy atom. The molecule has 0 spiro atoms. The molecular weight excluding hydrogens is 604 g/mol. The first-order valence-electron chi connectivity index (χ1n) is 16.1. The predicted molar refractivity (Wildman–Crippen MR) is 197 cm³/mol. The van der Waals surface area contributed by atoms with Crippen LogP contribution in [-0.2, 0) is 14.9 Å². The van der Waals surface area contributed by atoms with Crippen molar-refractivity contribution in [1.82, 2.24) is 0 Å². The Labute approximate surface area is 286 Å². The van der Waals surface area contributed by atoms with Crippen molar-refractivity contribution >= 4 is 28.6 Å². The van der Waals surface area contributed by atoms with E-state index in [4.69, 9.17) is 4.74 Å². The van der Waals surface area contributed by atoms with E-state index in [-0.39, 0.29) is 16.6 Å². The summed E-state index contributed by atoms with van der Waals surface area (Å²) >= 11 is 0. The molecule has 0 heterocycles. The number of carbonyl (C=O) groups is 1. The number of benzene rings is 5. The molecule has 0 aliphatic heterocycles. The molecule has 0 aromatic heterocycles. The molecule has 0 bridgehead atoms. The second kappa shape index (κ2) is 12.7. The first kappa shape index (κ1) is 31.2. The van der Waals surface area contributed by atoms with Gasteiger partial charge in [0.2, 0.25) is 0 Å². The van der Waals surface area contributed by atoms with Gasteiger partial charge in [0, 0.05) is 28.1 Å². The minimum atomic E-state index is -1.29. The third kappa shape index (κ3) is 5.64. The fourth-order valence-electron chi connectivity index (χ4n) is 6.87. The Bertz CT molecular complexity index is 2210. The van der Waals surface area contributed by atoms with Crippen LogP contribution in [0.15, 0.2) is 163 Å². The summed E-state index contributed by atoms with van der Waals surface area (Å²) in [5.41, 5.74) is 12.1. The van der Waals surface area contributed by atoms with E-state index in [9.17, 15) is 15.2 Å². The zero-order chi connectivity index (χ0) is 34.1. The molecule has 5 aromatic carbocycles. The van der Waals surface area contributed by atoms with Crippen LogP contribution in [0.2, 0.25) is 0 Å². The number of nitrogens with zero attached hydrogens (tertiary/aromatic N) is 2. The number of carboxylic acid groups (broad SMARTS) is 1. The topological polar surface area (TPSA) is 73.6 Å². The maximum atomic E-state index is 11.7. The number of para-hydroxylation sites is 2. The molecule has 1 N–H and O–H groups in total. The smallest absolute Gasteiger partial charge is 0.347 e. The van der Waals surface area contributed by atoms with Crippen molar-refractivity contribution in [3.05, 3.63) is 179 Å². The highest BCUT2D eigenvalue weighted by Gasteiger charge is 2.36. The van der Waals surface area contributed by atoms with Crippen molar-refractivity contribution in [2.24, 2.45) is 0 Å². The van der Waals surface area contributed by atoms with Crippen LogP contribution in [0.4, 0.5) is 17.1 Å². The molecule has 2 aliphatic rings. The summed E-state index contributed by atoms with van der Waals surface area (Å²) in [6.45, 7) is 4.53. The average Bonchev–Trinajstić information content (AvgIpc) is 3.23. The van der Waals surface area contributed by atoms with Gasteiger partial charge in [-0.2, -0.15) is 5.26 Å². The van der Waals surface area contributed by atoms with Crippen LogP contribution in [0.5, 0.6) is 0 Å². The summed E-state index contributed by atoms with van der Waals surface area (Å²) in [6.07, 6.45) is 7.10. The number of anilines is 3. The van der Waals surface area contributed by atoms with Crippen molar-refractivity contribution in [2.75, 3.05) is 12.0 Å². The number of hydrogen-bond donors (Lipinski definition) is 1. The molecule has 238 valence electrons. The van der Waals surface area contributed by atoms with E-state index in [1.165, 1.54) is 29.4 Å². The highest BCUT2D eigenvalue weighted by Crippen LogP contribution is 2.50. The minimum Gasteiger partial charge on any atom is -0.496 e. The number of methoxy groups -OCH3 is 1. The van der Waals surface area contributed by atoms with Gasteiger partial charge in [0.1, 0.15) is 17.4 Å². The molecule has 49 heavy (non-hydrogen) atoms. The van der Waals surface area contributed by atoms with Crippen molar-refractivity contribution in [2.45, 2.75) is 19.3 Å². The first-order valence-corrected chi connectivity index (χ1v) is 16.1. The SMILES string of the molecule is COC1=CC=C(c2ccc3c(c2)C(C)(C)c2cc(-c4ccc(N(c5ccccc5)c5ccccc5)cc4)ccc2-3)C=C/C1=C(\C#N)C(=O)O. The lowest BCUT2D eigenvalue weighted by molar-refractivity contribution is -0.132. The van der Waals surface area contributed by atoms with Gasteiger partial charge >= 0.3 is 5.97 Å². The normalized spacial score (nSPS) is 15.1. The standard InChI is InChI=1S/C44H34N2O3/c1-44(2)40-26-31(29-14-20-35(21-15-29)46(33-10-6-4-7-11-33)34-12-8-5-9-13-34)17-22-36(40)37-23-18-32(27-41(37)44)30-16-24-38(39(28-45)43(47)48)42(49-3)25-19-30/h4-27H,1-3H3,(H,47,48)/b39-38-. The van der Waals surface area contributed by atoms with Crippen molar-refractivity contribution in [3.63, 3.8) is 0 Å². The Balaban J connectivity index is 1.21. The Morgan fingerprint density at radius 2 is 1.22 bits per heavy atom. The minimum absolute atomic E-state index is 0.242. The van der Waals surface area contributed by atoms with Crippen LogP contribution in [0.1, 0.15) is 30.5 Å². The summed E-state index contributed by atoms with van der Waals surface area (Å²) in [5.74, 6) is -0.963. The lowest BCUT2D eigenvalue weighted by atomic mass is 9.80. The summed E-state index contributed by atoms with van der Waals surface area (Å²) in [6, 6.07) is 44.6. The van der Waals surface area contributed by atoms with Crippen LogP contribution < -0.4 is 4.90 Å². The predicted octanol–water partition coefficient (Wildman–Crippen LogP) is 10.5. The third-order valence-electron chi connectivity index (χ3n) is 9.42.